The summed E-state index contributed by atoms with van der Waals surface area (Å²) in [5, 5.41) is 0. The molecule has 1 aliphatic heterocycles. The molecule has 2 atom stereocenters. The highest BCUT2D eigenvalue weighted by Gasteiger charge is 2.38. The third kappa shape index (κ3) is 2.30. The number of esters is 1. The molecule has 1 heterocycles. The fourth-order valence-corrected chi connectivity index (χ4v) is 2.01. The van der Waals surface area contributed by atoms with Crippen molar-refractivity contribution in [3.8, 4) is 5.75 Å². The first-order valence-corrected chi connectivity index (χ1v) is 5.45. The average molecular weight is 234 g/mol. The summed E-state index contributed by atoms with van der Waals surface area (Å²) >= 11 is 0. The van der Waals surface area contributed by atoms with E-state index in [1.807, 2.05) is 12.1 Å². The lowest BCUT2D eigenvalue weighted by Gasteiger charge is -2.15. The molecule has 0 bridgehead atoms. The summed E-state index contributed by atoms with van der Waals surface area (Å²) in [5.74, 6) is 0.0380. The molecule has 17 heavy (non-hydrogen) atoms. The van der Waals surface area contributed by atoms with E-state index in [0.29, 0.717) is 0 Å². The fraction of sp³-hybridized carbons (Fsp3) is 0.385. The summed E-state index contributed by atoms with van der Waals surface area (Å²) in [7, 11) is 1.59. The molecule has 0 saturated carbocycles. The Bertz CT molecular complexity index is 435. The van der Waals surface area contributed by atoms with Crippen LogP contribution in [0, 0.1) is 5.92 Å². The van der Waals surface area contributed by atoms with E-state index in [1.165, 1.54) is 6.92 Å². The smallest absolute Gasteiger partial charge is 0.307 e. The topological polar surface area (TPSA) is 52.6 Å². The largest absolute Gasteiger partial charge is 0.497 e. The lowest BCUT2D eigenvalue weighted by molar-refractivity contribution is -0.141. The fourth-order valence-electron chi connectivity index (χ4n) is 2.01. The molecule has 0 spiro atoms. The molecular formula is C13H14O4. The van der Waals surface area contributed by atoms with E-state index >= 15 is 0 Å². The summed E-state index contributed by atoms with van der Waals surface area (Å²) < 4.78 is 10.2. The van der Waals surface area contributed by atoms with Gasteiger partial charge in [-0.15, -0.1) is 0 Å². The van der Waals surface area contributed by atoms with Crippen molar-refractivity contribution in [3.05, 3.63) is 29.8 Å². The number of cyclic esters (lactones) is 1. The van der Waals surface area contributed by atoms with E-state index in [-0.39, 0.29) is 24.1 Å². The second-order valence-corrected chi connectivity index (χ2v) is 4.10. The third-order valence-corrected chi connectivity index (χ3v) is 2.98. The molecule has 2 rings (SSSR count). The van der Waals surface area contributed by atoms with Crippen molar-refractivity contribution in [2.75, 3.05) is 7.11 Å². The van der Waals surface area contributed by atoms with Gasteiger partial charge in [0, 0.05) is 0 Å². The number of rotatable bonds is 3. The van der Waals surface area contributed by atoms with Gasteiger partial charge in [0.25, 0.3) is 0 Å². The molecule has 4 heteroatoms. The van der Waals surface area contributed by atoms with E-state index in [2.05, 4.69) is 0 Å². The van der Waals surface area contributed by atoms with Crippen LogP contribution in [-0.4, -0.2) is 18.9 Å². The van der Waals surface area contributed by atoms with Gasteiger partial charge >= 0.3 is 5.97 Å². The number of hydrogen-bond acceptors (Lipinski definition) is 4. The second-order valence-electron chi connectivity index (χ2n) is 4.10. The number of ether oxygens (including phenoxy) is 2. The van der Waals surface area contributed by atoms with Crippen molar-refractivity contribution in [1.29, 1.82) is 0 Å². The van der Waals surface area contributed by atoms with E-state index in [4.69, 9.17) is 9.47 Å². The maximum Gasteiger partial charge on any atom is 0.307 e. The van der Waals surface area contributed by atoms with Crippen LogP contribution < -0.4 is 4.74 Å². The summed E-state index contributed by atoms with van der Waals surface area (Å²) in [5.41, 5.74) is 0.830. The molecule has 4 nitrogen and oxygen atoms in total. The zero-order valence-electron chi connectivity index (χ0n) is 9.80. The summed E-state index contributed by atoms with van der Waals surface area (Å²) in [6.45, 7) is 1.49. The Morgan fingerprint density at radius 2 is 2.00 bits per heavy atom. The lowest BCUT2D eigenvalue weighted by Crippen LogP contribution is -2.15. The Kier molecular flexibility index (Phi) is 3.13. The monoisotopic (exact) mass is 234 g/mol. The Hall–Kier alpha value is -1.84. The number of benzene rings is 1. The van der Waals surface area contributed by atoms with Crippen LogP contribution in [0.15, 0.2) is 24.3 Å². The minimum atomic E-state index is -0.453. The van der Waals surface area contributed by atoms with Gasteiger partial charge in [-0.1, -0.05) is 12.1 Å². The second kappa shape index (κ2) is 4.57. The van der Waals surface area contributed by atoms with Gasteiger partial charge in [-0.05, 0) is 24.6 Å². The molecule has 1 saturated heterocycles. The predicted molar refractivity (Wildman–Crippen MR) is 60.6 cm³/mol. The average Bonchev–Trinajstić information content (AvgIpc) is 2.72. The molecule has 1 aromatic carbocycles. The van der Waals surface area contributed by atoms with Gasteiger partial charge in [-0.3, -0.25) is 9.59 Å². The van der Waals surface area contributed by atoms with Crippen molar-refractivity contribution >= 4 is 11.8 Å². The number of hydrogen-bond donors (Lipinski definition) is 0. The van der Waals surface area contributed by atoms with Gasteiger partial charge in [0.05, 0.1) is 19.4 Å². The standard InChI is InChI=1S/C13H14O4/c1-8(14)11-7-12(15)17-13(11)9-3-5-10(16-2)6-4-9/h3-6,11,13H,7H2,1-2H3/t11?,13-/m0/s1. The van der Waals surface area contributed by atoms with Gasteiger partial charge < -0.3 is 9.47 Å². The van der Waals surface area contributed by atoms with Crippen LogP contribution in [0.3, 0.4) is 0 Å². The molecule has 1 fully saturated rings. The predicted octanol–water partition coefficient (Wildman–Crippen LogP) is 1.89. The molecule has 0 aromatic heterocycles. The molecular weight excluding hydrogens is 220 g/mol. The highest BCUT2D eigenvalue weighted by atomic mass is 16.6. The van der Waals surface area contributed by atoms with E-state index in [0.717, 1.165) is 11.3 Å². The number of methoxy groups -OCH3 is 1. The minimum absolute atomic E-state index is 0.0170. The highest BCUT2D eigenvalue weighted by Crippen LogP contribution is 2.36. The normalized spacial score (nSPS) is 23.3. The zero-order chi connectivity index (χ0) is 12.4. The van der Waals surface area contributed by atoms with E-state index in [1.54, 1.807) is 19.2 Å². The number of ketones is 1. The Labute approximate surface area is 99.5 Å². The van der Waals surface area contributed by atoms with Crippen LogP contribution in [-0.2, 0) is 14.3 Å². The number of carbonyl (C=O) groups is 2. The first-order chi connectivity index (χ1) is 8.11. The lowest BCUT2D eigenvalue weighted by atomic mass is 9.92. The van der Waals surface area contributed by atoms with E-state index in [9.17, 15) is 9.59 Å². The molecule has 0 amide bonds. The van der Waals surface area contributed by atoms with Crippen molar-refractivity contribution in [2.45, 2.75) is 19.4 Å². The minimum Gasteiger partial charge on any atom is -0.497 e. The highest BCUT2D eigenvalue weighted by molar-refractivity contribution is 5.86. The van der Waals surface area contributed by atoms with Gasteiger partial charge in [0.15, 0.2) is 0 Å². The summed E-state index contributed by atoms with van der Waals surface area (Å²) in [6.07, 6.45) is -0.280. The van der Waals surface area contributed by atoms with Gasteiger partial charge in [-0.2, -0.15) is 0 Å². The summed E-state index contributed by atoms with van der Waals surface area (Å²) in [4.78, 5) is 22.7. The maximum atomic E-state index is 11.4. The Balaban J connectivity index is 2.25. The first-order valence-electron chi connectivity index (χ1n) is 5.45. The first kappa shape index (κ1) is 11.6. The molecule has 1 aromatic rings. The number of carbonyl (C=O) groups excluding carboxylic acids is 2. The molecule has 1 unspecified atom stereocenters. The summed E-state index contributed by atoms with van der Waals surface area (Å²) in [6, 6.07) is 7.22. The van der Waals surface area contributed by atoms with Crippen LogP contribution in [0.25, 0.3) is 0 Å². The SMILES string of the molecule is COc1ccc([C@@H]2OC(=O)CC2C(C)=O)cc1. The van der Waals surface area contributed by atoms with Crippen LogP contribution in [0.2, 0.25) is 0 Å². The molecule has 0 aliphatic carbocycles. The molecule has 0 radical (unpaired) electrons. The number of Topliss-reactive ketones (excluding diaryl/α,β-unsaturated/α-hetero) is 1. The molecule has 1 aliphatic rings. The molecule has 0 N–H and O–H groups in total. The Morgan fingerprint density at radius 1 is 1.35 bits per heavy atom. The Morgan fingerprint density at radius 3 is 2.53 bits per heavy atom. The maximum absolute atomic E-state index is 11.4. The van der Waals surface area contributed by atoms with Crippen molar-refractivity contribution in [1.82, 2.24) is 0 Å². The van der Waals surface area contributed by atoms with Gasteiger partial charge in [0.2, 0.25) is 0 Å². The van der Waals surface area contributed by atoms with Gasteiger partial charge in [0.1, 0.15) is 17.6 Å². The van der Waals surface area contributed by atoms with E-state index < -0.39 is 6.10 Å². The zero-order valence-corrected chi connectivity index (χ0v) is 9.80. The third-order valence-electron chi connectivity index (χ3n) is 2.98. The van der Waals surface area contributed by atoms with Crippen molar-refractivity contribution in [3.63, 3.8) is 0 Å². The van der Waals surface area contributed by atoms with Crippen molar-refractivity contribution in [2.24, 2.45) is 5.92 Å². The van der Waals surface area contributed by atoms with Crippen LogP contribution >= 0.6 is 0 Å². The molecule has 90 valence electrons. The van der Waals surface area contributed by atoms with Crippen LogP contribution in [0.5, 0.6) is 5.75 Å². The van der Waals surface area contributed by atoms with Crippen molar-refractivity contribution < 1.29 is 19.1 Å². The quantitative estimate of drug-likeness (QED) is 0.749. The van der Waals surface area contributed by atoms with Crippen LogP contribution in [0.4, 0.5) is 0 Å². The van der Waals surface area contributed by atoms with Crippen LogP contribution in [0.1, 0.15) is 25.0 Å². The van der Waals surface area contributed by atoms with Gasteiger partial charge in [-0.25, -0.2) is 0 Å².